The van der Waals surface area contributed by atoms with Crippen molar-refractivity contribution in [2.24, 2.45) is 5.92 Å². The predicted octanol–water partition coefficient (Wildman–Crippen LogP) is 4.06. The van der Waals surface area contributed by atoms with Crippen molar-refractivity contribution in [3.05, 3.63) is 40.6 Å². The summed E-state index contributed by atoms with van der Waals surface area (Å²) in [6, 6.07) is 3.21. The molecule has 8 nitrogen and oxygen atoms in total. The van der Waals surface area contributed by atoms with E-state index in [1.165, 1.54) is 18.1 Å². The number of alkyl halides is 3. The Bertz CT molecular complexity index is 1060. The molecule has 1 aliphatic heterocycles. The van der Waals surface area contributed by atoms with Crippen molar-refractivity contribution in [3.63, 3.8) is 0 Å². The van der Waals surface area contributed by atoms with Crippen molar-refractivity contribution >= 4 is 6.09 Å². The summed E-state index contributed by atoms with van der Waals surface area (Å²) in [5, 5.41) is 29.0. The Morgan fingerprint density at radius 1 is 1.24 bits per heavy atom. The summed E-state index contributed by atoms with van der Waals surface area (Å²) in [7, 11) is 1.37. The number of halogens is 3. The lowest BCUT2D eigenvalue weighted by atomic mass is 9.88. The van der Waals surface area contributed by atoms with Gasteiger partial charge in [-0.15, -0.1) is 5.10 Å². The molecule has 34 heavy (non-hydrogen) atoms. The molecule has 1 aliphatic carbocycles. The number of piperidine rings is 1. The topological polar surface area (TPSA) is 105 Å². The van der Waals surface area contributed by atoms with E-state index in [1.54, 1.807) is 0 Å². The zero-order valence-corrected chi connectivity index (χ0v) is 18.6. The van der Waals surface area contributed by atoms with Crippen LogP contribution >= 0.6 is 0 Å². The molecule has 0 radical (unpaired) electrons. The first-order valence-electron chi connectivity index (χ1n) is 11.1. The van der Waals surface area contributed by atoms with E-state index in [1.807, 2.05) is 0 Å². The normalized spacial score (nSPS) is 19.1. The van der Waals surface area contributed by atoms with Crippen LogP contribution in [-0.2, 0) is 23.8 Å². The van der Waals surface area contributed by atoms with Crippen molar-refractivity contribution in [2.75, 3.05) is 27.0 Å². The highest BCUT2D eigenvalue weighted by Gasteiger charge is 2.35. The minimum atomic E-state index is -4.53. The van der Waals surface area contributed by atoms with Gasteiger partial charge in [0.1, 0.15) is 17.5 Å². The lowest BCUT2D eigenvalue weighted by Gasteiger charge is -2.33. The van der Waals surface area contributed by atoms with Crippen LogP contribution in [0.15, 0.2) is 18.2 Å². The molecule has 0 bridgehead atoms. The van der Waals surface area contributed by atoms with Gasteiger partial charge in [-0.05, 0) is 61.4 Å². The molecule has 0 unspecified atom stereocenters. The second-order valence-electron chi connectivity index (χ2n) is 8.58. The largest absolute Gasteiger partial charge is 0.467 e. The van der Waals surface area contributed by atoms with Gasteiger partial charge in [0, 0.05) is 31.7 Å². The highest BCUT2D eigenvalue weighted by molar-refractivity contribution is 5.72. The third kappa shape index (κ3) is 4.80. The van der Waals surface area contributed by atoms with Gasteiger partial charge in [-0.25, -0.2) is 4.79 Å². The fraction of sp³-hybridized carbons (Fsp3) is 0.522. The Hall–Kier alpha value is -2.92. The molecule has 1 fully saturated rings. The predicted molar refractivity (Wildman–Crippen MR) is 114 cm³/mol. The number of fused-ring (bicyclic) bond motifs is 1. The average Bonchev–Trinajstić information content (AvgIpc) is 3.31. The lowest BCUT2D eigenvalue weighted by Crippen LogP contribution is -2.41. The van der Waals surface area contributed by atoms with Crippen molar-refractivity contribution < 1.29 is 37.7 Å². The maximum absolute atomic E-state index is 13.3. The molecule has 1 saturated heterocycles. The summed E-state index contributed by atoms with van der Waals surface area (Å²) in [6.07, 6.45) is -3.15. The molecule has 2 atom stereocenters. The van der Waals surface area contributed by atoms with E-state index in [0.29, 0.717) is 49.2 Å². The molecule has 4 rings (SSSR count). The number of aliphatic hydroxyl groups is 1. The maximum atomic E-state index is 13.3. The number of hydrogen-bond acceptors (Lipinski definition) is 6. The van der Waals surface area contributed by atoms with Crippen LogP contribution in [0.5, 0.6) is 5.75 Å². The highest BCUT2D eigenvalue weighted by Crippen LogP contribution is 2.42. The quantitative estimate of drug-likeness (QED) is 0.600. The summed E-state index contributed by atoms with van der Waals surface area (Å²) in [5.74, 6) is -0.320. The van der Waals surface area contributed by atoms with E-state index in [2.05, 4.69) is 10.2 Å². The van der Waals surface area contributed by atoms with Crippen molar-refractivity contribution in [3.8, 4) is 17.0 Å². The minimum Gasteiger partial charge on any atom is -0.467 e. The number of rotatable bonds is 6. The number of amides is 1. The fourth-order valence-corrected chi connectivity index (χ4v) is 4.77. The molecule has 2 aromatic rings. The Balaban J connectivity index is 1.71. The molecule has 1 aromatic heterocycles. The van der Waals surface area contributed by atoms with Gasteiger partial charge in [0.25, 0.3) is 0 Å². The number of likely N-dealkylation sites (tertiary alicyclic amines) is 1. The van der Waals surface area contributed by atoms with Gasteiger partial charge in [0.15, 0.2) is 6.79 Å². The zero-order valence-electron chi connectivity index (χ0n) is 18.6. The fourth-order valence-electron chi connectivity index (χ4n) is 4.77. The number of ether oxygens (including phenoxy) is 2. The first-order valence-corrected chi connectivity index (χ1v) is 11.1. The molecule has 2 N–H and O–H groups in total. The lowest BCUT2D eigenvalue weighted by molar-refractivity contribution is -0.137. The number of aromatic nitrogens is 2. The highest BCUT2D eigenvalue weighted by atomic mass is 19.4. The van der Waals surface area contributed by atoms with E-state index in [4.69, 9.17) is 9.47 Å². The molecule has 0 saturated carbocycles. The van der Waals surface area contributed by atoms with Gasteiger partial charge in [-0.2, -0.15) is 18.3 Å². The molecule has 2 aliphatic rings. The molecule has 2 heterocycles. The molecular weight excluding hydrogens is 455 g/mol. The van der Waals surface area contributed by atoms with Crippen molar-refractivity contribution in [2.45, 2.75) is 44.4 Å². The van der Waals surface area contributed by atoms with Crippen LogP contribution in [0.2, 0.25) is 0 Å². The van der Waals surface area contributed by atoms with Gasteiger partial charge in [0.05, 0.1) is 11.3 Å². The maximum Gasteiger partial charge on any atom is 0.416 e. The van der Waals surface area contributed by atoms with Gasteiger partial charge < -0.3 is 24.6 Å². The first kappa shape index (κ1) is 24.2. The second kappa shape index (κ2) is 9.75. The van der Waals surface area contributed by atoms with Crippen molar-refractivity contribution in [1.29, 1.82) is 0 Å². The smallest absolute Gasteiger partial charge is 0.416 e. The second-order valence-corrected chi connectivity index (χ2v) is 8.58. The molecular formula is C23H26F3N3O5. The van der Waals surface area contributed by atoms with E-state index in [9.17, 15) is 28.2 Å². The third-order valence-corrected chi connectivity index (χ3v) is 6.42. The van der Waals surface area contributed by atoms with Crippen LogP contribution in [0, 0.1) is 5.92 Å². The van der Waals surface area contributed by atoms with Gasteiger partial charge >= 0.3 is 12.3 Å². The average molecular weight is 481 g/mol. The monoisotopic (exact) mass is 481 g/mol. The first-order chi connectivity index (χ1) is 16.2. The van der Waals surface area contributed by atoms with E-state index < -0.39 is 23.9 Å². The minimum absolute atomic E-state index is 0.0160. The molecule has 184 valence electrons. The Morgan fingerprint density at radius 2 is 2.00 bits per heavy atom. The number of benzene rings is 1. The summed E-state index contributed by atoms with van der Waals surface area (Å²) in [6.45, 7) is 0.407. The van der Waals surface area contributed by atoms with Gasteiger partial charge in [0.2, 0.25) is 0 Å². The summed E-state index contributed by atoms with van der Waals surface area (Å²) >= 11 is 0. The Kier molecular flexibility index (Phi) is 6.94. The van der Waals surface area contributed by atoms with E-state index in [0.717, 1.165) is 29.7 Å². The summed E-state index contributed by atoms with van der Waals surface area (Å²) in [4.78, 5) is 12.7. The Labute approximate surface area is 194 Å². The van der Waals surface area contributed by atoms with Crippen LogP contribution in [0.1, 0.15) is 47.8 Å². The molecule has 1 amide bonds. The van der Waals surface area contributed by atoms with Crippen LogP contribution in [-0.4, -0.2) is 58.4 Å². The molecule has 0 spiro atoms. The summed E-state index contributed by atoms with van der Waals surface area (Å²) in [5.41, 5.74) is 1.99. The Morgan fingerprint density at radius 3 is 2.71 bits per heavy atom. The number of carboxylic acid groups (broad SMARTS) is 1. The van der Waals surface area contributed by atoms with Crippen LogP contribution in [0.3, 0.4) is 0 Å². The number of methoxy groups -OCH3 is 1. The van der Waals surface area contributed by atoms with Gasteiger partial charge in [-0.3, -0.25) is 0 Å². The van der Waals surface area contributed by atoms with Gasteiger partial charge in [-0.1, -0.05) is 0 Å². The molecule has 11 heteroatoms. The van der Waals surface area contributed by atoms with Crippen molar-refractivity contribution in [1.82, 2.24) is 15.1 Å². The standard InChI is InChI=1S/C23H26F3N3O5/c1-33-12-34-18-10-14(23(24,25)26)7-8-17(18)19-15-5-2-6-16(15)20(28-27-19)21(30)13-4-3-9-29(11-13)22(31)32/h7-8,10,13,21,30H,2-6,9,11-12H2,1H3,(H,31,32)/t13-,21-/m1/s1. The number of aliphatic hydroxyl groups excluding tert-OH is 1. The van der Waals surface area contributed by atoms with Crippen LogP contribution < -0.4 is 4.74 Å². The number of hydrogen-bond donors (Lipinski definition) is 2. The van der Waals surface area contributed by atoms with Crippen LogP contribution in [0.25, 0.3) is 11.3 Å². The van der Waals surface area contributed by atoms with Crippen LogP contribution in [0.4, 0.5) is 18.0 Å². The summed E-state index contributed by atoms with van der Waals surface area (Å²) < 4.78 is 50.1. The van der Waals surface area contributed by atoms with E-state index >= 15 is 0 Å². The third-order valence-electron chi connectivity index (χ3n) is 6.42. The zero-order chi connectivity index (χ0) is 24.5. The molecule has 1 aromatic carbocycles. The SMILES string of the molecule is COCOc1cc(C(F)(F)F)ccc1-c1nnc([C@H](O)[C@@H]2CCCN(C(=O)O)C2)c2c1CCC2. The number of carbonyl (C=O) groups is 1. The number of nitrogens with zero attached hydrogens (tertiary/aromatic N) is 3. The van der Waals surface area contributed by atoms with E-state index in [-0.39, 0.29) is 25.0 Å².